The molecular weight excluding hydrogens is 380 g/mol. The average molecular weight is 397 g/mol. The molecule has 0 aliphatic carbocycles. The molecule has 1 amide bonds. The number of hydrogen-bond acceptors (Lipinski definition) is 5. The number of anilines is 1. The van der Waals surface area contributed by atoms with Gasteiger partial charge in [-0.1, -0.05) is 6.07 Å². The Kier molecular flexibility index (Phi) is 5.55. The van der Waals surface area contributed by atoms with E-state index in [0.717, 1.165) is 5.56 Å². The van der Waals surface area contributed by atoms with Gasteiger partial charge in [-0.3, -0.25) is 4.79 Å². The Balaban J connectivity index is 1.92. The van der Waals surface area contributed by atoms with Crippen molar-refractivity contribution in [2.45, 2.75) is 33.2 Å². The first kappa shape index (κ1) is 17.9. The highest BCUT2D eigenvalue weighted by Gasteiger charge is 2.23. The zero-order valence-electron chi connectivity index (χ0n) is 13.2. The molecular formula is C15H17BrN4O4. The quantitative estimate of drug-likeness (QED) is 0.442. The molecule has 0 fully saturated rings. The first-order chi connectivity index (χ1) is 11.3. The second kappa shape index (κ2) is 7.43. The van der Waals surface area contributed by atoms with Crippen LogP contribution in [0.3, 0.4) is 0 Å². The van der Waals surface area contributed by atoms with E-state index in [1.165, 1.54) is 10.7 Å². The van der Waals surface area contributed by atoms with E-state index in [1.807, 2.05) is 6.92 Å². The minimum absolute atomic E-state index is 0.0106. The van der Waals surface area contributed by atoms with Gasteiger partial charge in [0.1, 0.15) is 10.2 Å². The van der Waals surface area contributed by atoms with Crippen molar-refractivity contribution < 1.29 is 14.8 Å². The molecule has 9 heteroatoms. The van der Waals surface area contributed by atoms with E-state index in [0.29, 0.717) is 28.8 Å². The van der Waals surface area contributed by atoms with Crippen molar-refractivity contribution in [2.24, 2.45) is 0 Å². The van der Waals surface area contributed by atoms with Crippen LogP contribution in [0.25, 0.3) is 0 Å². The smallest absolute Gasteiger partial charge is 0.404 e. The average Bonchev–Trinajstić information content (AvgIpc) is 2.79. The zero-order valence-corrected chi connectivity index (χ0v) is 14.8. The molecule has 0 aliphatic rings. The van der Waals surface area contributed by atoms with E-state index >= 15 is 0 Å². The van der Waals surface area contributed by atoms with Crippen molar-refractivity contribution in [3.05, 3.63) is 44.0 Å². The van der Waals surface area contributed by atoms with Crippen molar-refractivity contribution >= 4 is 33.3 Å². The second-order valence-corrected chi connectivity index (χ2v) is 6.17. The molecule has 128 valence electrons. The van der Waals surface area contributed by atoms with Crippen molar-refractivity contribution in [1.29, 1.82) is 0 Å². The van der Waals surface area contributed by atoms with Crippen LogP contribution in [-0.4, -0.2) is 25.7 Å². The predicted molar refractivity (Wildman–Crippen MR) is 92.0 cm³/mol. The van der Waals surface area contributed by atoms with Crippen molar-refractivity contribution in [2.75, 3.05) is 5.32 Å². The lowest BCUT2D eigenvalue weighted by Crippen LogP contribution is -2.13. The summed E-state index contributed by atoms with van der Waals surface area (Å²) in [5.74, 6) is -0.465. The molecule has 24 heavy (non-hydrogen) atoms. The number of halogens is 1. The number of aromatic hydroxyl groups is 1. The fourth-order valence-electron chi connectivity index (χ4n) is 2.19. The van der Waals surface area contributed by atoms with Crippen LogP contribution in [0.5, 0.6) is 5.75 Å². The SMILES string of the molecule is Cc1ccc(O)c(NC(=O)CCCn2nc([N+](=O)[O-])c(Br)c2C)c1. The molecule has 0 unspecified atom stereocenters. The highest BCUT2D eigenvalue weighted by Crippen LogP contribution is 2.27. The summed E-state index contributed by atoms with van der Waals surface area (Å²) >= 11 is 3.15. The monoisotopic (exact) mass is 396 g/mol. The van der Waals surface area contributed by atoms with Gasteiger partial charge in [0.05, 0.1) is 23.0 Å². The number of rotatable bonds is 6. The molecule has 0 spiro atoms. The van der Waals surface area contributed by atoms with Crippen LogP contribution in [0, 0.1) is 24.0 Å². The van der Waals surface area contributed by atoms with Crippen molar-refractivity contribution in [1.82, 2.24) is 9.78 Å². The molecule has 0 radical (unpaired) electrons. The highest BCUT2D eigenvalue weighted by molar-refractivity contribution is 9.10. The molecule has 0 aliphatic heterocycles. The highest BCUT2D eigenvalue weighted by atomic mass is 79.9. The molecule has 0 saturated carbocycles. The van der Waals surface area contributed by atoms with Crippen molar-refractivity contribution in [3.63, 3.8) is 0 Å². The summed E-state index contributed by atoms with van der Waals surface area (Å²) in [5, 5.41) is 27.1. The number of phenols is 1. The number of carbonyl (C=O) groups excluding carboxylic acids is 1. The zero-order chi connectivity index (χ0) is 17.9. The van der Waals surface area contributed by atoms with Crippen LogP contribution < -0.4 is 5.32 Å². The lowest BCUT2D eigenvalue weighted by atomic mass is 10.2. The standard InChI is InChI=1S/C15H17BrN4O4/c1-9-5-6-12(21)11(8-9)17-13(22)4-3-7-19-10(2)14(16)15(18-19)20(23)24/h5-6,8,21H,3-4,7H2,1-2H3,(H,17,22). The molecule has 8 nitrogen and oxygen atoms in total. The molecule has 1 heterocycles. The van der Waals surface area contributed by atoms with Gasteiger partial charge in [0.15, 0.2) is 0 Å². The molecule has 2 N–H and O–H groups in total. The Morgan fingerprint density at radius 2 is 2.17 bits per heavy atom. The Morgan fingerprint density at radius 3 is 2.79 bits per heavy atom. The molecule has 2 aromatic rings. The Hall–Kier alpha value is -2.42. The van der Waals surface area contributed by atoms with Crippen molar-refractivity contribution in [3.8, 4) is 5.75 Å². The first-order valence-electron chi connectivity index (χ1n) is 7.26. The van der Waals surface area contributed by atoms with Crippen LogP contribution in [0.1, 0.15) is 24.1 Å². The summed E-state index contributed by atoms with van der Waals surface area (Å²) < 4.78 is 1.85. The predicted octanol–water partition coefficient (Wildman–Crippen LogP) is 3.30. The molecule has 0 saturated heterocycles. The van der Waals surface area contributed by atoms with Crippen LogP contribution >= 0.6 is 15.9 Å². The number of hydrogen-bond donors (Lipinski definition) is 2. The number of carbonyl (C=O) groups is 1. The number of aromatic nitrogens is 2. The van der Waals surface area contributed by atoms with Gasteiger partial charge in [-0.2, -0.15) is 4.68 Å². The number of phenolic OH excluding ortho intramolecular Hbond substituents is 1. The number of benzene rings is 1. The third-order valence-corrected chi connectivity index (χ3v) is 4.42. The van der Waals surface area contributed by atoms with E-state index in [9.17, 15) is 20.0 Å². The van der Waals surface area contributed by atoms with Gasteiger partial charge < -0.3 is 20.5 Å². The van der Waals surface area contributed by atoms with Gasteiger partial charge >= 0.3 is 5.82 Å². The Morgan fingerprint density at radius 1 is 1.46 bits per heavy atom. The van der Waals surface area contributed by atoms with E-state index in [4.69, 9.17) is 0 Å². The largest absolute Gasteiger partial charge is 0.506 e. The van der Waals surface area contributed by atoms with E-state index in [2.05, 4.69) is 26.3 Å². The maximum atomic E-state index is 12.0. The van der Waals surface area contributed by atoms with Gasteiger partial charge in [0, 0.05) is 6.42 Å². The third kappa shape index (κ3) is 4.10. The fourth-order valence-corrected chi connectivity index (χ4v) is 2.62. The van der Waals surface area contributed by atoms with Crippen LogP contribution in [-0.2, 0) is 11.3 Å². The summed E-state index contributed by atoms with van der Waals surface area (Å²) in [7, 11) is 0. The lowest BCUT2D eigenvalue weighted by molar-refractivity contribution is -0.390. The van der Waals surface area contributed by atoms with Crippen LogP contribution in [0.15, 0.2) is 22.7 Å². The van der Waals surface area contributed by atoms with Gasteiger partial charge in [-0.25, -0.2) is 0 Å². The number of aryl methyl sites for hydroxylation is 2. The molecule has 1 aromatic carbocycles. The minimum atomic E-state index is -0.555. The van der Waals surface area contributed by atoms with Gasteiger partial charge in [0.2, 0.25) is 5.91 Å². The summed E-state index contributed by atoms with van der Waals surface area (Å²) in [6.45, 7) is 3.96. The fraction of sp³-hybridized carbons (Fsp3) is 0.333. The minimum Gasteiger partial charge on any atom is -0.506 e. The van der Waals surface area contributed by atoms with Crippen LogP contribution in [0.4, 0.5) is 11.5 Å². The summed E-state index contributed by atoms with van der Waals surface area (Å²) in [6, 6.07) is 4.95. The summed E-state index contributed by atoms with van der Waals surface area (Å²) in [5.41, 5.74) is 1.93. The molecule has 0 bridgehead atoms. The number of nitrogens with zero attached hydrogens (tertiary/aromatic N) is 3. The normalized spacial score (nSPS) is 10.6. The maximum Gasteiger partial charge on any atom is 0.404 e. The topological polar surface area (TPSA) is 110 Å². The lowest BCUT2D eigenvalue weighted by Gasteiger charge is -2.08. The van der Waals surface area contributed by atoms with Gasteiger partial charge in [-0.15, -0.1) is 0 Å². The van der Waals surface area contributed by atoms with Gasteiger partial charge in [-0.05, 0) is 58.8 Å². The second-order valence-electron chi connectivity index (χ2n) is 5.38. The van der Waals surface area contributed by atoms with Crippen LogP contribution in [0.2, 0.25) is 0 Å². The summed E-state index contributed by atoms with van der Waals surface area (Å²) in [4.78, 5) is 22.3. The van der Waals surface area contributed by atoms with Gasteiger partial charge in [0.25, 0.3) is 0 Å². The first-order valence-corrected chi connectivity index (χ1v) is 8.05. The Labute approximate surface area is 146 Å². The third-order valence-electron chi connectivity index (χ3n) is 3.49. The van der Waals surface area contributed by atoms with E-state index in [1.54, 1.807) is 19.1 Å². The number of nitro groups is 1. The van der Waals surface area contributed by atoms with E-state index in [-0.39, 0.29) is 23.9 Å². The Bertz CT molecular complexity index is 788. The summed E-state index contributed by atoms with van der Waals surface area (Å²) in [6.07, 6.45) is 0.669. The number of nitrogens with one attached hydrogen (secondary N) is 1. The maximum absolute atomic E-state index is 12.0. The van der Waals surface area contributed by atoms with E-state index < -0.39 is 4.92 Å². The molecule has 0 atom stereocenters. The molecule has 1 aromatic heterocycles. The number of amides is 1. The molecule has 2 rings (SSSR count).